The highest BCUT2D eigenvalue weighted by atomic mass is 35.5. The number of anilines is 1. The molecule has 0 unspecified atom stereocenters. The monoisotopic (exact) mass is 806 g/mol. The third-order valence-corrected chi connectivity index (χ3v) is 11.4. The third kappa shape index (κ3) is 8.95. The molecule has 1 aliphatic carbocycles. The Hall–Kier alpha value is -4.99. The zero-order valence-electron chi connectivity index (χ0n) is 32.1. The van der Waals surface area contributed by atoms with Crippen molar-refractivity contribution in [2.75, 3.05) is 39.2 Å². The lowest BCUT2D eigenvalue weighted by atomic mass is 9.98. The number of alkyl halides is 3. The molecule has 2 aliphatic heterocycles. The minimum atomic E-state index is -4.68. The highest BCUT2D eigenvalue weighted by Crippen LogP contribution is 2.44. The molecule has 4 N–H and O–H groups in total. The third-order valence-electron chi connectivity index (χ3n) is 11.0. The van der Waals surface area contributed by atoms with E-state index in [0.717, 1.165) is 54.3 Å². The van der Waals surface area contributed by atoms with Crippen LogP contribution in [-0.4, -0.2) is 77.6 Å². The molecule has 2 fully saturated rings. The van der Waals surface area contributed by atoms with E-state index in [1.165, 1.54) is 7.11 Å². The van der Waals surface area contributed by atoms with E-state index in [0.29, 0.717) is 66.6 Å². The zero-order valence-corrected chi connectivity index (χ0v) is 32.8. The first kappa shape index (κ1) is 40.2. The molecule has 3 aromatic heterocycles. The van der Waals surface area contributed by atoms with Crippen LogP contribution in [0.5, 0.6) is 11.8 Å². The lowest BCUT2D eigenvalue weighted by Crippen LogP contribution is -2.44. The number of aromatic nitrogens is 3. The molecule has 16 heteroatoms. The maximum atomic E-state index is 14.5. The van der Waals surface area contributed by atoms with E-state index in [-0.39, 0.29) is 47.7 Å². The summed E-state index contributed by atoms with van der Waals surface area (Å²) in [4.78, 5) is 38.9. The van der Waals surface area contributed by atoms with Gasteiger partial charge in [0.15, 0.2) is 0 Å². The van der Waals surface area contributed by atoms with Gasteiger partial charge in [-0.1, -0.05) is 35.9 Å². The topological polar surface area (TPSA) is 143 Å². The Balaban J connectivity index is 1.09. The van der Waals surface area contributed by atoms with Gasteiger partial charge in [-0.3, -0.25) is 14.6 Å². The molecule has 2 saturated heterocycles. The van der Waals surface area contributed by atoms with Crippen LogP contribution >= 0.6 is 11.6 Å². The van der Waals surface area contributed by atoms with Crippen LogP contribution in [0.1, 0.15) is 72.9 Å². The molecule has 2 amide bonds. The summed E-state index contributed by atoms with van der Waals surface area (Å²) in [7, 11) is 2.96. The predicted octanol–water partition coefficient (Wildman–Crippen LogP) is 6.46. The minimum Gasteiger partial charge on any atom is -0.481 e. The summed E-state index contributed by atoms with van der Waals surface area (Å²) < 4.78 is 54.7. The second-order valence-corrected chi connectivity index (χ2v) is 15.0. The Morgan fingerprint density at radius 2 is 1.74 bits per heavy atom. The fourth-order valence-electron chi connectivity index (χ4n) is 7.98. The van der Waals surface area contributed by atoms with Crippen molar-refractivity contribution >= 4 is 29.2 Å². The number of nitrogens with one attached hydrogen (secondary N) is 4. The molecule has 0 spiro atoms. The summed E-state index contributed by atoms with van der Waals surface area (Å²) in [5.74, 6) is 0.299. The molecule has 12 nitrogen and oxygen atoms in total. The Labute approximate surface area is 334 Å². The number of methoxy groups -OCH3 is 2. The standard InChI is InChI=1S/C41H46ClF3N8O4/c1-23(54)53-17-14-26(15-18-53)48-21-24-7-10-34(51-39(24)56-2)31-13-16-47-37(36(31)42)30-6-4-5-29-28(30)9-11-33(29)50-38-32(41(43,44)45)19-25(40(52-38)57-3)20-46-22-27-8-12-35(55)49-27/h4-7,10,13,16,19,26-27,33,46,48H,8-9,11-12,14-15,17-18,20-22H2,1-3H3,(H,49,55)(H,50,52)/t27-,33+/m0/s1. The molecule has 4 aromatic rings. The quantitative estimate of drug-likeness (QED) is 0.119. The lowest BCUT2D eigenvalue weighted by molar-refractivity contribution is -0.137. The Morgan fingerprint density at radius 3 is 2.44 bits per heavy atom. The van der Waals surface area contributed by atoms with Crippen molar-refractivity contribution in [1.29, 1.82) is 0 Å². The molecule has 57 heavy (non-hydrogen) atoms. The molecular formula is C41H46ClF3N8O4. The number of carbonyl (C=O) groups excluding carboxylic acids is 2. The molecule has 5 heterocycles. The van der Waals surface area contributed by atoms with Crippen molar-refractivity contribution in [2.24, 2.45) is 0 Å². The number of ether oxygens (including phenoxy) is 2. The number of rotatable bonds is 13. The van der Waals surface area contributed by atoms with Gasteiger partial charge in [-0.15, -0.1) is 0 Å². The molecule has 1 aromatic carbocycles. The van der Waals surface area contributed by atoms with E-state index >= 15 is 0 Å². The Bertz CT molecular complexity index is 2130. The van der Waals surface area contributed by atoms with Gasteiger partial charge in [0.1, 0.15) is 5.82 Å². The molecule has 0 radical (unpaired) electrons. The number of halogens is 4. The van der Waals surface area contributed by atoms with Gasteiger partial charge >= 0.3 is 6.18 Å². The number of benzene rings is 1. The van der Waals surface area contributed by atoms with E-state index < -0.39 is 17.8 Å². The van der Waals surface area contributed by atoms with Crippen LogP contribution < -0.4 is 30.7 Å². The predicted molar refractivity (Wildman–Crippen MR) is 210 cm³/mol. The van der Waals surface area contributed by atoms with Crippen LogP contribution in [0.3, 0.4) is 0 Å². The molecule has 2 atom stereocenters. The largest absolute Gasteiger partial charge is 0.481 e. The number of amides is 2. The van der Waals surface area contributed by atoms with Crippen LogP contribution in [0.4, 0.5) is 19.0 Å². The van der Waals surface area contributed by atoms with Crippen LogP contribution in [-0.2, 0) is 35.3 Å². The molecule has 3 aliphatic rings. The molecule has 302 valence electrons. The van der Waals surface area contributed by atoms with Gasteiger partial charge in [0.25, 0.3) is 0 Å². The van der Waals surface area contributed by atoms with Crippen LogP contribution in [0.2, 0.25) is 5.02 Å². The SMILES string of the molecule is COc1nc(-c2ccnc(-c3cccc4c3CC[C@H]4Nc3nc(OC)c(CNC[C@@H]4CCC(=O)N4)cc3C(F)(F)F)c2Cl)ccc1CNC1CCN(C(C)=O)CC1. The van der Waals surface area contributed by atoms with Gasteiger partial charge in [0.05, 0.1) is 42.2 Å². The second-order valence-electron chi connectivity index (χ2n) is 14.6. The van der Waals surface area contributed by atoms with Gasteiger partial charge in [0, 0.05) is 86.6 Å². The number of hydrogen-bond acceptors (Lipinski definition) is 10. The van der Waals surface area contributed by atoms with Gasteiger partial charge in [-0.2, -0.15) is 18.2 Å². The number of fused-ring (bicyclic) bond motifs is 1. The van der Waals surface area contributed by atoms with E-state index in [1.807, 2.05) is 35.2 Å². The maximum absolute atomic E-state index is 14.5. The summed E-state index contributed by atoms with van der Waals surface area (Å²) in [6, 6.07) is 12.1. The summed E-state index contributed by atoms with van der Waals surface area (Å²) >= 11 is 7.10. The minimum absolute atomic E-state index is 0.0336. The molecule has 0 bridgehead atoms. The Morgan fingerprint density at radius 1 is 0.965 bits per heavy atom. The smallest absolute Gasteiger partial charge is 0.419 e. The van der Waals surface area contributed by atoms with Crippen molar-refractivity contribution in [3.8, 4) is 34.3 Å². The summed E-state index contributed by atoms with van der Waals surface area (Å²) in [6.45, 7) is 4.12. The van der Waals surface area contributed by atoms with Crippen molar-refractivity contribution in [3.63, 3.8) is 0 Å². The van der Waals surface area contributed by atoms with Crippen molar-refractivity contribution in [2.45, 2.75) is 82.8 Å². The van der Waals surface area contributed by atoms with E-state index in [1.54, 1.807) is 26.3 Å². The normalized spacial score (nSPS) is 18.4. The summed E-state index contributed by atoms with van der Waals surface area (Å²) in [5.41, 5.74) is 4.62. The second kappa shape index (κ2) is 17.2. The first-order chi connectivity index (χ1) is 27.4. The number of carbonyl (C=O) groups is 2. The number of nitrogens with zero attached hydrogens (tertiary/aromatic N) is 4. The maximum Gasteiger partial charge on any atom is 0.419 e. The number of pyridine rings is 3. The molecular weight excluding hydrogens is 761 g/mol. The zero-order chi connectivity index (χ0) is 40.3. The van der Waals surface area contributed by atoms with Crippen molar-refractivity contribution < 1.29 is 32.2 Å². The highest BCUT2D eigenvalue weighted by Gasteiger charge is 2.37. The van der Waals surface area contributed by atoms with E-state index in [9.17, 15) is 22.8 Å². The fraction of sp³-hybridized carbons (Fsp3) is 0.439. The van der Waals surface area contributed by atoms with Gasteiger partial charge in [-0.05, 0) is 61.4 Å². The first-order valence-electron chi connectivity index (χ1n) is 19.1. The molecule has 0 saturated carbocycles. The molecule has 7 rings (SSSR count). The number of hydrogen-bond donors (Lipinski definition) is 4. The van der Waals surface area contributed by atoms with Crippen molar-refractivity contribution in [3.05, 3.63) is 81.5 Å². The summed E-state index contributed by atoms with van der Waals surface area (Å²) in [5, 5.41) is 13.0. The van der Waals surface area contributed by atoms with Gasteiger partial charge in [-0.25, -0.2) is 4.98 Å². The average Bonchev–Trinajstić information content (AvgIpc) is 3.82. The van der Waals surface area contributed by atoms with Crippen LogP contribution in [0, 0.1) is 0 Å². The van der Waals surface area contributed by atoms with Crippen LogP contribution in [0.25, 0.3) is 22.5 Å². The summed E-state index contributed by atoms with van der Waals surface area (Å²) in [6.07, 6.45) is 0.931. The number of piperidine rings is 1. The van der Waals surface area contributed by atoms with Gasteiger partial charge in [0.2, 0.25) is 23.6 Å². The van der Waals surface area contributed by atoms with Crippen molar-refractivity contribution in [1.82, 2.24) is 35.8 Å². The fourth-order valence-corrected chi connectivity index (χ4v) is 8.29. The van der Waals surface area contributed by atoms with Gasteiger partial charge < -0.3 is 35.6 Å². The Kier molecular flexibility index (Phi) is 12.2. The lowest BCUT2D eigenvalue weighted by Gasteiger charge is -2.31. The first-order valence-corrected chi connectivity index (χ1v) is 19.5. The number of likely N-dealkylation sites (tertiary alicyclic amines) is 1. The van der Waals surface area contributed by atoms with E-state index in [4.69, 9.17) is 26.1 Å². The van der Waals surface area contributed by atoms with Crippen LogP contribution in [0.15, 0.2) is 48.7 Å². The highest BCUT2D eigenvalue weighted by molar-refractivity contribution is 6.35. The average molecular weight is 807 g/mol. The van der Waals surface area contributed by atoms with E-state index in [2.05, 4.69) is 31.2 Å².